The summed E-state index contributed by atoms with van der Waals surface area (Å²) < 4.78 is 15.7. The lowest BCUT2D eigenvalue weighted by Crippen LogP contribution is -2.10. The summed E-state index contributed by atoms with van der Waals surface area (Å²) >= 11 is 0. The van der Waals surface area contributed by atoms with E-state index in [9.17, 15) is 9.59 Å². The number of carbonyl (C=O) groups is 2. The molecule has 0 saturated heterocycles. The standard InChI is InChI=1S/C21H24O6/c1-2-3-4-14-25-18-9-5-17(6-10-18)21(24)27-19-11-7-16(8-12-19)20(23)26-15-13-22/h5-12,22H,2-4,13-15H2,1H3. The lowest BCUT2D eigenvalue weighted by Gasteiger charge is -2.08. The number of rotatable bonds is 10. The molecule has 0 heterocycles. The molecule has 0 fully saturated rings. The van der Waals surface area contributed by atoms with Crippen LogP contribution in [0.1, 0.15) is 46.9 Å². The van der Waals surface area contributed by atoms with Crippen molar-refractivity contribution in [1.29, 1.82) is 0 Å². The number of esters is 2. The molecule has 2 aromatic carbocycles. The summed E-state index contributed by atoms with van der Waals surface area (Å²) in [5.74, 6) is -0.00779. The van der Waals surface area contributed by atoms with Crippen molar-refractivity contribution < 1.29 is 28.9 Å². The van der Waals surface area contributed by atoms with Crippen LogP contribution in [0.4, 0.5) is 0 Å². The molecule has 0 radical (unpaired) electrons. The van der Waals surface area contributed by atoms with Crippen molar-refractivity contribution in [3.8, 4) is 11.5 Å². The van der Waals surface area contributed by atoms with Gasteiger partial charge in [0, 0.05) is 0 Å². The van der Waals surface area contributed by atoms with E-state index in [1.54, 1.807) is 24.3 Å². The van der Waals surface area contributed by atoms with Gasteiger partial charge in [0.1, 0.15) is 18.1 Å². The number of aliphatic hydroxyl groups excluding tert-OH is 1. The maximum Gasteiger partial charge on any atom is 0.343 e. The molecular weight excluding hydrogens is 348 g/mol. The van der Waals surface area contributed by atoms with E-state index in [0.29, 0.717) is 29.2 Å². The SMILES string of the molecule is CCCCCOc1ccc(C(=O)Oc2ccc(C(=O)OCCO)cc2)cc1. The number of hydrogen-bond acceptors (Lipinski definition) is 6. The lowest BCUT2D eigenvalue weighted by molar-refractivity contribution is 0.0433. The van der Waals surface area contributed by atoms with E-state index in [4.69, 9.17) is 19.3 Å². The highest BCUT2D eigenvalue weighted by molar-refractivity contribution is 5.92. The van der Waals surface area contributed by atoms with Gasteiger partial charge in [-0.05, 0) is 55.0 Å². The Bertz CT molecular complexity index is 721. The highest BCUT2D eigenvalue weighted by atomic mass is 16.5. The van der Waals surface area contributed by atoms with E-state index in [0.717, 1.165) is 19.3 Å². The van der Waals surface area contributed by atoms with Crippen LogP contribution in [0.3, 0.4) is 0 Å². The Hall–Kier alpha value is -2.86. The van der Waals surface area contributed by atoms with Crippen LogP contribution in [0, 0.1) is 0 Å². The topological polar surface area (TPSA) is 82.1 Å². The highest BCUT2D eigenvalue weighted by Crippen LogP contribution is 2.17. The largest absolute Gasteiger partial charge is 0.494 e. The van der Waals surface area contributed by atoms with Crippen LogP contribution in [0.15, 0.2) is 48.5 Å². The number of hydrogen-bond donors (Lipinski definition) is 1. The zero-order chi connectivity index (χ0) is 19.5. The number of carbonyl (C=O) groups excluding carboxylic acids is 2. The molecule has 2 aromatic rings. The van der Waals surface area contributed by atoms with Gasteiger partial charge in [0.05, 0.1) is 24.3 Å². The molecule has 0 aliphatic rings. The summed E-state index contributed by atoms with van der Waals surface area (Å²) in [4.78, 5) is 23.9. The third kappa shape index (κ3) is 6.75. The van der Waals surface area contributed by atoms with E-state index in [1.165, 1.54) is 24.3 Å². The summed E-state index contributed by atoms with van der Waals surface area (Å²) in [6.07, 6.45) is 3.27. The van der Waals surface area contributed by atoms with Crippen molar-refractivity contribution in [2.75, 3.05) is 19.8 Å². The van der Waals surface area contributed by atoms with Crippen molar-refractivity contribution in [2.45, 2.75) is 26.2 Å². The van der Waals surface area contributed by atoms with Crippen LogP contribution in [0.25, 0.3) is 0 Å². The molecule has 0 aliphatic carbocycles. The van der Waals surface area contributed by atoms with Gasteiger partial charge in [-0.3, -0.25) is 0 Å². The van der Waals surface area contributed by atoms with Crippen LogP contribution >= 0.6 is 0 Å². The average molecular weight is 372 g/mol. The van der Waals surface area contributed by atoms with E-state index in [2.05, 4.69) is 6.92 Å². The molecule has 144 valence electrons. The minimum absolute atomic E-state index is 0.0616. The summed E-state index contributed by atoms with van der Waals surface area (Å²) in [5.41, 5.74) is 0.718. The van der Waals surface area contributed by atoms with Gasteiger partial charge in [0.25, 0.3) is 0 Å². The summed E-state index contributed by atoms with van der Waals surface area (Å²) in [6.45, 7) is 2.50. The first-order chi connectivity index (χ1) is 13.1. The lowest BCUT2D eigenvalue weighted by atomic mass is 10.2. The van der Waals surface area contributed by atoms with E-state index in [-0.39, 0.29) is 13.2 Å². The third-order valence-electron chi connectivity index (χ3n) is 3.73. The van der Waals surface area contributed by atoms with Crippen molar-refractivity contribution in [3.63, 3.8) is 0 Å². The second-order valence-electron chi connectivity index (χ2n) is 5.85. The van der Waals surface area contributed by atoms with Crippen LogP contribution in [-0.2, 0) is 4.74 Å². The van der Waals surface area contributed by atoms with E-state index >= 15 is 0 Å². The smallest absolute Gasteiger partial charge is 0.343 e. The van der Waals surface area contributed by atoms with Gasteiger partial charge in [-0.15, -0.1) is 0 Å². The minimum Gasteiger partial charge on any atom is -0.494 e. The van der Waals surface area contributed by atoms with Gasteiger partial charge in [0.15, 0.2) is 0 Å². The molecule has 2 rings (SSSR count). The maximum absolute atomic E-state index is 12.2. The molecule has 27 heavy (non-hydrogen) atoms. The number of aliphatic hydroxyl groups is 1. The fourth-order valence-electron chi connectivity index (χ4n) is 2.28. The Morgan fingerprint density at radius 2 is 1.41 bits per heavy atom. The Morgan fingerprint density at radius 1 is 0.815 bits per heavy atom. The van der Waals surface area contributed by atoms with Crippen LogP contribution in [0.5, 0.6) is 11.5 Å². The first-order valence-corrected chi connectivity index (χ1v) is 8.97. The van der Waals surface area contributed by atoms with Crippen molar-refractivity contribution in [1.82, 2.24) is 0 Å². The number of ether oxygens (including phenoxy) is 3. The molecule has 0 aromatic heterocycles. The van der Waals surface area contributed by atoms with E-state index < -0.39 is 11.9 Å². The minimum atomic E-state index is -0.545. The van der Waals surface area contributed by atoms with E-state index in [1.807, 2.05) is 0 Å². The molecule has 0 atom stereocenters. The fraction of sp³-hybridized carbons (Fsp3) is 0.333. The molecule has 6 nitrogen and oxygen atoms in total. The second-order valence-corrected chi connectivity index (χ2v) is 5.85. The summed E-state index contributed by atoms with van der Waals surface area (Å²) in [6, 6.07) is 12.8. The molecular formula is C21H24O6. The van der Waals surface area contributed by atoms with Crippen molar-refractivity contribution in [2.24, 2.45) is 0 Å². The molecule has 0 spiro atoms. The van der Waals surface area contributed by atoms with Gasteiger partial charge in [-0.25, -0.2) is 9.59 Å². The van der Waals surface area contributed by atoms with Gasteiger partial charge in [-0.2, -0.15) is 0 Å². The number of benzene rings is 2. The molecule has 0 amide bonds. The Labute approximate surface area is 158 Å². The Kier molecular flexibility index (Phi) is 8.32. The first-order valence-electron chi connectivity index (χ1n) is 8.97. The van der Waals surface area contributed by atoms with Gasteiger partial charge in [-0.1, -0.05) is 19.8 Å². The van der Waals surface area contributed by atoms with Crippen molar-refractivity contribution >= 4 is 11.9 Å². The highest BCUT2D eigenvalue weighted by Gasteiger charge is 2.11. The van der Waals surface area contributed by atoms with Crippen molar-refractivity contribution in [3.05, 3.63) is 59.7 Å². The summed E-state index contributed by atoms with van der Waals surface area (Å²) in [5, 5.41) is 8.65. The zero-order valence-electron chi connectivity index (χ0n) is 15.3. The monoisotopic (exact) mass is 372 g/mol. The predicted octanol–water partition coefficient (Wildman–Crippen LogP) is 3.62. The molecule has 0 aliphatic heterocycles. The first kappa shape index (κ1) is 20.5. The molecule has 0 bridgehead atoms. The number of unbranched alkanes of at least 4 members (excludes halogenated alkanes) is 2. The maximum atomic E-state index is 12.2. The molecule has 6 heteroatoms. The zero-order valence-corrected chi connectivity index (χ0v) is 15.3. The molecule has 0 saturated carbocycles. The molecule has 0 unspecified atom stereocenters. The quantitative estimate of drug-likeness (QED) is 0.390. The van der Waals surface area contributed by atoms with Crippen LogP contribution in [0.2, 0.25) is 0 Å². The second kappa shape index (κ2) is 11.0. The fourth-order valence-corrected chi connectivity index (χ4v) is 2.28. The van der Waals surface area contributed by atoms with Gasteiger partial charge < -0.3 is 19.3 Å². The Balaban J connectivity index is 1.88. The average Bonchev–Trinajstić information content (AvgIpc) is 2.70. The van der Waals surface area contributed by atoms with Gasteiger partial charge in [0.2, 0.25) is 0 Å². The molecule has 1 N–H and O–H groups in total. The van der Waals surface area contributed by atoms with Gasteiger partial charge >= 0.3 is 11.9 Å². The van der Waals surface area contributed by atoms with Crippen LogP contribution < -0.4 is 9.47 Å². The van der Waals surface area contributed by atoms with Crippen LogP contribution in [-0.4, -0.2) is 36.9 Å². The predicted molar refractivity (Wildman–Crippen MR) is 100 cm³/mol. The third-order valence-corrected chi connectivity index (χ3v) is 3.73. The Morgan fingerprint density at radius 3 is 2.00 bits per heavy atom. The summed E-state index contributed by atoms with van der Waals surface area (Å²) in [7, 11) is 0. The normalized spacial score (nSPS) is 10.3.